The van der Waals surface area contributed by atoms with Crippen molar-refractivity contribution in [2.45, 2.75) is 90.8 Å². The first kappa shape index (κ1) is 25.4. The van der Waals surface area contributed by atoms with Gasteiger partial charge < -0.3 is 15.2 Å². The van der Waals surface area contributed by atoms with E-state index in [1.807, 2.05) is 18.2 Å². The summed E-state index contributed by atoms with van der Waals surface area (Å²) in [6.45, 7) is 8.56. The van der Waals surface area contributed by atoms with E-state index in [-0.39, 0.29) is 17.9 Å². The molecule has 1 atom stereocenters. The van der Waals surface area contributed by atoms with Gasteiger partial charge in [0.15, 0.2) is 0 Å². The molecule has 1 aromatic carbocycles. The van der Waals surface area contributed by atoms with E-state index >= 15 is 0 Å². The van der Waals surface area contributed by atoms with Crippen molar-refractivity contribution in [1.29, 1.82) is 0 Å². The zero-order valence-electron chi connectivity index (χ0n) is 21.3. The summed E-state index contributed by atoms with van der Waals surface area (Å²) < 4.78 is 2.35. The van der Waals surface area contributed by atoms with Gasteiger partial charge in [0, 0.05) is 28.9 Å². The van der Waals surface area contributed by atoms with Crippen LogP contribution in [0.15, 0.2) is 35.7 Å². The number of amides is 2. The number of hydrogen-bond acceptors (Lipinski definition) is 4. The van der Waals surface area contributed by atoms with Gasteiger partial charge in [-0.15, -0.1) is 11.3 Å². The molecular weight excluding hydrogens is 456 g/mol. The maximum absolute atomic E-state index is 13.2. The van der Waals surface area contributed by atoms with Gasteiger partial charge in [0.05, 0.1) is 11.0 Å². The van der Waals surface area contributed by atoms with E-state index in [9.17, 15) is 9.59 Å². The van der Waals surface area contributed by atoms with Crippen molar-refractivity contribution in [3.8, 4) is 0 Å². The van der Waals surface area contributed by atoms with E-state index in [0.29, 0.717) is 23.9 Å². The molecule has 4 rings (SSSR count). The quantitative estimate of drug-likeness (QED) is 0.350. The van der Waals surface area contributed by atoms with Gasteiger partial charge in [-0.3, -0.25) is 9.59 Å². The van der Waals surface area contributed by atoms with E-state index in [0.717, 1.165) is 55.4 Å². The molecule has 1 unspecified atom stereocenters. The van der Waals surface area contributed by atoms with Crippen molar-refractivity contribution < 1.29 is 9.59 Å². The van der Waals surface area contributed by atoms with Gasteiger partial charge in [-0.25, -0.2) is 4.98 Å². The Bertz CT molecular complexity index is 1140. The normalized spacial score (nSPS) is 14.9. The number of fused-ring (bicyclic) bond motifs is 1. The summed E-state index contributed by atoms with van der Waals surface area (Å²) in [4.78, 5) is 32.3. The number of thiophene rings is 1. The lowest BCUT2D eigenvalue weighted by Crippen LogP contribution is -2.51. The van der Waals surface area contributed by atoms with Crippen LogP contribution in [0.3, 0.4) is 0 Å². The van der Waals surface area contributed by atoms with Crippen LogP contribution in [0.25, 0.3) is 11.0 Å². The molecule has 0 spiro atoms. The van der Waals surface area contributed by atoms with Crippen LogP contribution in [0, 0.1) is 5.92 Å². The van der Waals surface area contributed by atoms with Crippen LogP contribution in [0.5, 0.6) is 0 Å². The average Bonchev–Trinajstić information content (AvgIpc) is 3.44. The third-order valence-corrected chi connectivity index (χ3v) is 7.90. The van der Waals surface area contributed by atoms with Gasteiger partial charge in [0.25, 0.3) is 5.91 Å². The molecule has 1 fully saturated rings. The third-order valence-electron chi connectivity index (χ3n) is 7.03. The SMILES string of the molecule is CCC(CC)n1c(Cc2cccs2)nc2cc(C(=O)NC(CC(C)C)C(=O)NC3CCC3)ccc21. The molecular formula is C28H38N4O2S. The summed E-state index contributed by atoms with van der Waals surface area (Å²) in [6.07, 6.45) is 6.64. The van der Waals surface area contributed by atoms with Crippen LogP contribution in [0.2, 0.25) is 0 Å². The number of imidazole rings is 1. The molecule has 6 nitrogen and oxygen atoms in total. The Labute approximate surface area is 212 Å². The van der Waals surface area contributed by atoms with Crippen LogP contribution in [-0.2, 0) is 11.2 Å². The first-order valence-electron chi connectivity index (χ1n) is 13.0. The van der Waals surface area contributed by atoms with Crippen molar-refractivity contribution in [3.63, 3.8) is 0 Å². The molecule has 2 heterocycles. The lowest BCUT2D eigenvalue weighted by Gasteiger charge is -2.29. The number of aromatic nitrogens is 2. The van der Waals surface area contributed by atoms with E-state index in [1.165, 1.54) is 4.88 Å². The lowest BCUT2D eigenvalue weighted by atomic mass is 9.92. The molecule has 188 valence electrons. The van der Waals surface area contributed by atoms with Crippen LogP contribution in [0.4, 0.5) is 0 Å². The van der Waals surface area contributed by atoms with Gasteiger partial charge in [0.1, 0.15) is 11.9 Å². The highest BCUT2D eigenvalue weighted by atomic mass is 32.1. The van der Waals surface area contributed by atoms with Crippen molar-refractivity contribution in [1.82, 2.24) is 20.2 Å². The first-order chi connectivity index (χ1) is 16.9. The van der Waals surface area contributed by atoms with Crippen LogP contribution in [-0.4, -0.2) is 33.4 Å². The summed E-state index contributed by atoms with van der Waals surface area (Å²) in [6, 6.07) is 10.0. The highest BCUT2D eigenvalue weighted by Crippen LogP contribution is 2.28. The fraction of sp³-hybridized carbons (Fsp3) is 0.536. The second-order valence-electron chi connectivity index (χ2n) is 10.1. The Morgan fingerprint density at radius 2 is 1.94 bits per heavy atom. The Hall–Kier alpha value is -2.67. The largest absolute Gasteiger partial charge is 0.352 e. The molecule has 2 aromatic heterocycles. The number of carbonyl (C=O) groups is 2. The number of hydrogen-bond donors (Lipinski definition) is 2. The van der Waals surface area contributed by atoms with Gasteiger partial charge >= 0.3 is 0 Å². The molecule has 3 aromatic rings. The van der Waals surface area contributed by atoms with Gasteiger partial charge in [-0.2, -0.15) is 0 Å². The van der Waals surface area contributed by atoms with E-state index < -0.39 is 6.04 Å². The van der Waals surface area contributed by atoms with Crippen molar-refractivity contribution in [2.75, 3.05) is 0 Å². The minimum atomic E-state index is -0.532. The van der Waals surface area contributed by atoms with Crippen LogP contribution in [0.1, 0.15) is 93.3 Å². The predicted molar refractivity (Wildman–Crippen MR) is 143 cm³/mol. The molecule has 35 heavy (non-hydrogen) atoms. The minimum absolute atomic E-state index is 0.0749. The Balaban J connectivity index is 1.59. The van der Waals surface area contributed by atoms with Crippen molar-refractivity contribution in [2.24, 2.45) is 5.92 Å². The molecule has 0 aliphatic heterocycles. The third kappa shape index (κ3) is 5.95. The number of nitrogens with zero attached hydrogens (tertiary/aromatic N) is 2. The smallest absolute Gasteiger partial charge is 0.252 e. The molecule has 1 aliphatic rings. The topological polar surface area (TPSA) is 76.0 Å². The standard InChI is InChI=1S/C28H38N4O2S/c1-5-21(6-2)32-25-13-12-19(16-23(25)30-26(32)17-22-11-8-14-35-22)27(33)31-24(15-18(3)4)28(34)29-20-9-7-10-20/h8,11-14,16,18,20-21,24H,5-7,9-10,15,17H2,1-4H3,(H,29,34)(H,31,33). The van der Waals surface area contributed by atoms with Gasteiger partial charge in [-0.05, 0) is 74.1 Å². The second-order valence-corrected chi connectivity index (χ2v) is 11.2. The number of carbonyl (C=O) groups excluding carboxylic acids is 2. The van der Waals surface area contributed by atoms with Crippen LogP contribution >= 0.6 is 11.3 Å². The highest BCUT2D eigenvalue weighted by molar-refractivity contribution is 7.09. The minimum Gasteiger partial charge on any atom is -0.352 e. The summed E-state index contributed by atoms with van der Waals surface area (Å²) in [5.41, 5.74) is 2.43. The van der Waals surface area contributed by atoms with Gasteiger partial charge in [0.2, 0.25) is 5.91 Å². The van der Waals surface area contributed by atoms with E-state index in [2.05, 4.69) is 60.4 Å². The number of nitrogens with one attached hydrogen (secondary N) is 2. The van der Waals surface area contributed by atoms with E-state index in [4.69, 9.17) is 4.98 Å². The molecule has 1 saturated carbocycles. The second kappa shape index (κ2) is 11.4. The Morgan fingerprint density at radius 1 is 1.17 bits per heavy atom. The molecule has 2 N–H and O–H groups in total. The summed E-state index contributed by atoms with van der Waals surface area (Å²) in [5, 5.41) is 8.19. The lowest BCUT2D eigenvalue weighted by molar-refractivity contribution is -0.124. The summed E-state index contributed by atoms with van der Waals surface area (Å²) >= 11 is 1.74. The maximum Gasteiger partial charge on any atom is 0.252 e. The summed E-state index contributed by atoms with van der Waals surface area (Å²) in [5.74, 6) is 1.03. The molecule has 0 saturated heterocycles. The predicted octanol–water partition coefficient (Wildman–Crippen LogP) is 5.86. The summed E-state index contributed by atoms with van der Waals surface area (Å²) in [7, 11) is 0. The Morgan fingerprint density at radius 3 is 2.54 bits per heavy atom. The fourth-order valence-corrected chi connectivity index (χ4v) is 5.55. The molecule has 0 bridgehead atoms. The maximum atomic E-state index is 13.2. The van der Waals surface area contributed by atoms with E-state index in [1.54, 1.807) is 11.3 Å². The fourth-order valence-electron chi connectivity index (χ4n) is 4.84. The highest BCUT2D eigenvalue weighted by Gasteiger charge is 2.27. The number of rotatable bonds is 11. The zero-order valence-corrected chi connectivity index (χ0v) is 22.2. The number of benzene rings is 1. The molecule has 2 amide bonds. The Kier molecular flexibility index (Phi) is 8.26. The first-order valence-corrected chi connectivity index (χ1v) is 13.9. The molecule has 7 heteroatoms. The van der Waals surface area contributed by atoms with Gasteiger partial charge in [-0.1, -0.05) is 33.8 Å². The average molecular weight is 495 g/mol. The zero-order chi connectivity index (χ0) is 24.9. The van der Waals surface area contributed by atoms with Crippen molar-refractivity contribution >= 4 is 34.2 Å². The molecule has 0 radical (unpaired) electrons. The molecule has 1 aliphatic carbocycles. The van der Waals surface area contributed by atoms with Crippen molar-refractivity contribution in [3.05, 3.63) is 52.0 Å². The van der Waals surface area contributed by atoms with Crippen LogP contribution < -0.4 is 10.6 Å². The monoisotopic (exact) mass is 494 g/mol.